The summed E-state index contributed by atoms with van der Waals surface area (Å²) in [6, 6.07) is 0. The van der Waals surface area contributed by atoms with Crippen molar-refractivity contribution in [2.45, 2.75) is 63.8 Å². The third-order valence-corrected chi connectivity index (χ3v) is 5.81. The van der Waals surface area contributed by atoms with Gasteiger partial charge in [-0.05, 0) is 37.5 Å². The summed E-state index contributed by atoms with van der Waals surface area (Å²) in [4.78, 5) is 0.566. The quantitative estimate of drug-likeness (QED) is 0.566. The monoisotopic (exact) mass is 300 g/mol. The lowest BCUT2D eigenvalue weighted by atomic mass is 9.54. The molecule has 0 radical (unpaired) electrons. The van der Waals surface area contributed by atoms with E-state index in [1.54, 1.807) is 0 Å². The largest absolute Gasteiger partial charge is 0.385 e. The molecule has 0 saturated heterocycles. The highest BCUT2D eigenvalue weighted by atomic mass is 79.9. The lowest BCUT2D eigenvalue weighted by Crippen LogP contribution is -2.56. The first-order chi connectivity index (χ1) is 7.78. The average Bonchev–Trinajstić information content (AvgIpc) is 2.20. The SMILES string of the molecule is CC(C)C1=CC2(O)C(C)CC(Br)CC2(C)CC1. The molecule has 1 fully saturated rings. The fourth-order valence-electron chi connectivity index (χ4n) is 3.74. The Morgan fingerprint density at radius 1 is 1.47 bits per heavy atom. The molecule has 2 aliphatic rings. The topological polar surface area (TPSA) is 20.2 Å². The van der Waals surface area contributed by atoms with Crippen molar-refractivity contribution >= 4 is 15.9 Å². The number of alkyl halides is 1. The maximum Gasteiger partial charge on any atom is 0.0909 e. The second-order valence-corrected chi connectivity index (χ2v) is 7.99. The summed E-state index contributed by atoms with van der Waals surface area (Å²) in [6.07, 6.45) is 6.66. The Kier molecular flexibility index (Phi) is 3.51. The molecule has 2 aliphatic carbocycles. The molecule has 1 N–H and O–H groups in total. The van der Waals surface area contributed by atoms with Crippen LogP contribution in [-0.4, -0.2) is 15.5 Å². The number of halogens is 1. The Morgan fingerprint density at radius 2 is 2.12 bits per heavy atom. The number of hydrogen-bond donors (Lipinski definition) is 1. The van der Waals surface area contributed by atoms with Crippen molar-refractivity contribution in [1.82, 2.24) is 0 Å². The molecule has 1 saturated carbocycles. The molecule has 0 aromatic heterocycles. The Hall–Kier alpha value is 0.180. The van der Waals surface area contributed by atoms with Crippen LogP contribution in [0.15, 0.2) is 11.6 Å². The van der Waals surface area contributed by atoms with E-state index in [2.05, 4.69) is 49.7 Å². The molecule has 0 amide bonds. The number of rotatable bonds is 1. The lowest BCUT2D eigenvalue weighted by Gasteiger charge is -2.55. The summed E-state index contributed by atoms with van der Waals surface area (Å²) >= 11 is 3.76. The first-order valence-electron chi connectivity index (χ1n) is 6.86. The van der Waals surface area contributed by atoms with E-state index >= 15 is 0 Å². The van der Waals surface area contributed by atoms with Crippen molar-refractivity contribution in [3.8, 4) is 0 Å². The maximum absolute atomic E-state index is 11.2. The molecule has 1 nitrogen and oxygen atoms in total. The van der Waals surface area contributed by atoms with E-state index in [0.29, 0.717) is 16.7 Å². The molecule has 0 aliphatic heterocycles. The van der Waals surface area contributed by atoms with Crippen LogP contribution in [0.2, 0.25) is 0 Å². The molecule has 4 unspecified atom stereocenters. The maximum atomic E-state index is 11.2. The van der Waals surface area contributed by atoms with Gasteiger partial charge < -0.3 is 5.11 Å². The van der Waals surface area contributed by atoms with Gasteiger partial charge in [0.1, 0.15) is 0 Å². The molecule has 0 spiro atoms. The fraction of sp³-hybridized carbons (Fsp3) is 0.867. The summed E-state index contributed by atoms with van der Waals surface area (Å²) in [6.45, 7) is 8.94. The van der Waals surface area contributed by atoms with Crippen molar-refractivity contribution in [2.24, 2.45) is 17.3 Å². The Morgan fingerprint density at radius 3 is 2.71 bits per heavy atom. The average molecular weight is 301 g/mol. The normalized spacial score (nSPS) is 46.6. The predicted molar refractivity (Wildman–Crippen MR) is 76.3 cm³/mol. The molecule has 0 heterocycles. The van der Waals surface area contributed by atoms with Crippen LogP contribution in [-0.2, 0) is 0 Å². The smallest absolute Gasteiger partial charge is 0.0909 e. The number of fused-ring (bicyclic) bond motifs is 1. The van der Waals surface area contributed by atoms with Crippen LogP contribution in [0.25, 0.3) is 0 Å². The first kappa shape index (κ1) is 13.6. The molecule has 17 heavy (non-hydrogen) atoms. The van der Waals surface area contributed by atoms with Crippen LogP contribution in [0.5, 0.6) is 0 Å². The minimum absolute atomic E-state index is 0.0528. The molecule has 98 valence electrons. The fourth-order valence-corrected chi connectivity index (χ4v) is 5.02. The van der Waals surface area contributed by atoms with Crippen molar-refractivity contribution in [2.75, 3.05) is 0 Å². The zero-order valence-electron chi connectivity index (χ0n) is 11.5. The van der Waals surface area contributed by atoms with Gasteiger partial charge in [-0.3, -0.25) is 0 Å². The minimum atomic E-state index is -0.588. The molecular formula is C15H25BrO. The highest BCUT2D eigenvalue weighted by Gasteiger charge is 2.54. The van der Waals surface area contributed by atoms with E-state index in [9.17, 15) is 5.11 Å². The van der Waals surface area contributed by atoms with Gasteiger partial charge in [0.05, 0.1) is 5.60 Å². The van der Waals surface area contributed by atoms with Gasteiger partial charge in [-0.25, -0.2) is 0 Å². The van der Waals surface area contributed by atoms with Crippen LogP contribution in [0, 0.1) is 17.3 Å². The van der Waals surface area contributed by atoms with Gasteiger partial charge in [0.2, 0.25) is 0 Å². The second kappa shape index (κ2) is 4.38. The Bertz CT molecular complexity index is 336. The summed E-state index contributed by atoms with van der Waals surface area (Å²) in [5.74, 6) is 0.914. The zero-order valence-corrected chi connectivity index (χ0v) is 13.0. The molecule has 2 rings (SSSR count). The second-order valence-electron chi connectivity index (χ2n) is 6.70. The van der Waals surface area contributed by atoms with Crippen LogP contribution in [0.1, 0.15) is 53.4 Å². The van der Waals surface area contributed by atoms with Gasteiger partial charge in [-0.15, -0.1) is 0 Å². The summed E-state index contributed by atoms with van der Waals surface area (Å²) in [5, 5.41) is 11.2. The third kappa shape index (κ3) is 2.12. The van der Waals surface area contributed by atoms with E-state index in [4.69, 9.17) is 0 Å². The van der Waals surface area contributed by atoms with Crippen LogP contribution >= 0.6 is 15.9 Å². The molecule has 0 bridgehead atoms. The molecule has 2 heteroatoms. The highest BCUT2D eigenvalue weighted by Crippen LogP contribution is 2.55. The van der Waals surface area contributed by atoms with E-state index in [1.165, 1.54) is 5.57 Å². The zero-order chi connectivity index (χ0) is 12.8. The van der Waals surface area contributed by atoms with E-state index < -0.39 is 5.60 Å². The Labute approximate surface area is 114 Å². The number of aliphatic hydroxyl groups is 1. The molecule has 0 aromatic carbocycles. The van der Waals surface area contributed by atoms with Crippen molar-refractivity contribution in [3.05, 3.63) is 11.6 Å². The van der Waals surface area contributed by atoms with Crippen molar-refractivity contribution < 1.29 is 5.11 Å². The summed E-state index contributed by atoms with van der Waals surface area (Å²) < 4.78 is 0. The van der Waals surface area contributed by atoms with Gasteiger partial charge >= 0.3 is 0 Å². The van der Waals surface area contributed by atoms with E-state index in [0.717, 1.165) is 25.7 Å². The van der Waals surface area contributed by atoms with Crippen LogP contribution < -0.4 is 0 Å². The molecular weight excluding hydrogens is 276 g/mol. The Balaban J connectivity index is 2.39. The number of allylic oxidation sites excluding steroid dienone is 1. The van der Waals surface area contributed by atoms with Crippen LogP contribution in [0.3, 0.4) is 0 Å². The third-order valence-electron chi connectivity index (χ3n) is 5.11. The minimum Gasteiger partial charge on any atom is -0.385 e. The molecule has 0 aromatic rings. The summed E-state index contributed by atoms with van der Waals surface area (Å²) in [7, 11) is 0. The van der Waals surface area contributed by atoms with Gasteiger partial charge in [0.25, 0.3) is 0 Å². The molecule has 4 atom stereocenters. The first-order valence-corrected chi connectivity index (χ1v) is 7.78. The predicted octanol–water partition coefficient (Wildman–Crippen LogP) is 4.29. The van der Waals surface area contributed by atoms with Gasteiger partial charge in [0, 0.05) is 10.2 Å². The standard InChI is InChI=1S/C15H25BrO/c1-10(2)12-5-6-14(4)9-13(16)7-11(3)15(14,17)8-12/h8,10-11,13,17H,5-7,9H2,1-4H3. The lowest BCUT2D eigenvalue weighted by molar-refractivity contribution is -0.111. The number of hydrogen-bond acceptors (Lipinski definition) is 1. The van der Waals surface area contributed by atoms with E-state index in [-0.39, 0.29) is 5.41 Å². The van der Waals surface area contributed by atoms with Crippen molar-refractivity contribution in [3.63, 3.8) is 0 Å². The van der Waals surface area contributed by atoms with Gasteiger partial charge in [0.15, 0.2) is 0 Å². The van der Waals surface area contributed by atoms with Crippen LogP contribution in [0.4, 0.5) is 0 Å². The highest BCUT2D eigenvalue weighted by molar-refractivity contribution is 9.09. The summed E-state index contributed by atoms with van der Waals surface area (Å²) in [5.41, 5.74) is 0.914. The van der Waals surface area contributed by atoms with Crippen molar-refractivity contribution in [1.29, 1.82) is 0 Å². The van der Waals surface area contributed by atoms with Gasteiger partial charge in [-0.1, -0.05) is 55.3 Å². The van der Waals surface area contributed by atoms with E-state index in [1.807, 2.05) is 0 Å². The van der Waals surface area contributed by atoms with Gasteiger partial charge in [-0.2, -0.15) is 0 Å².